The molecule has 1 aliphatic heterocycles. The predicted octanol–water partition coefficient (Wildman–Crippen LogP) is 0.941. The molecule has 3 N–H and O–H groups in total. The van der Waals surface area contributed by atoms with Gasteiger partial charge in [-0.2, -0.15) is 13.2 Å². The zero-order chi connectivity index (χ0) is 15.2. The van der Waals surface area contributed by atoms with E-state index in [-0.39, 0.29) is 6.54 Å². The molecule has 1 rings (SSSR count). The molecule has 8 heteroatoms. The van der Waals surface area contributed by atoms with Crippen LogP contribution in [0.3, 0.4) is 0 Å². The van der Waals surface area contributed by atoms with E-state index < -0.39 is 24.9 Å². The highest BCUT2D eigenvalue weighted by Gasteiger charge is 2.27. The molecule has 1 heterocycles. The SMILES string of the molecule is CC1CCN(C[C@@H](O)CNC(=O)NCC(F)(F)F)CC1. The van der Waals surface area contributed by atoms with Crippen molar-refractivity contribution in [3.8, 4) is 0 Å². The van der Waals surface area contributed by atoms with E-state index >= 15 is 0 Å². The normalized spacial score (nSPS) is 19.6. The topological polar surface area (TPSA) is 64.6 Å². The number of hydrogen-bond acceptors (Lipinski definition) is 3. The smallest absolute Gasteiger partial charge is 0.390 e. The summed E-state index contributed by atoms with van der Waals surface area (Å²) >= 11 is 0. The molecular formula is C12H22F3N3O2. The summed E-state index contributed by atoms with van der Waals surface area (Å²) in [6.45, 7) is 2.97. The van der Waals surface area contributed by atoms with Crippen LogP contribution in [0.1, 0.15) is 19.8 Å². The average Bonchev–Trinajstić information content (AvgIpc) is 2.36. The van der Waals surface area contributed by atoms with Gasteiger partial charge in [-0.15, -0.1) is 0 Å². The van der Waals surface area contributed by atoms with E-state index in [0.717, 1.165) is 25.9 Å². The maximum atomic E-state index is 11.9. The lowest BCUT2D eigenvalue weighted by Gasteiger charge is -2.31. The van der Waals surface area contributed by atoms with Crippen LogP contribution < -0.4 is 10.6 Å². The van der Waals surface area contributed by atoms with Crippen molar-refractivity contribution in [2.75, 3.05) is 32.7 Å². The van der Waals surface area contributed by atoms with E-state index in [2.05, 4.69) is 17.1 Å². The van der Waals surface area contributed by atoms with Crippen LogP contribution in [0.5, 0.6) is 0 Å². The number of carbonyl (C=O) groups excluding carboxylic acids is 1. The van der Waals surface area contributed by atoms with Gasteiger partial charge in [0.25, 0.3) is 0 Å². The Bertz CT molecular complexity index is 305. The zero-order valence-electron chi connectivity index (χ0n) is 11.5. The van der Waals surface area contributed by atoms with Gasteiger partial charge in [-0.05, 0) is 31.8 Å². The van der Waals surface area contributed by atoms with Crippen molar-refractivity contribution in [1.82, 2.24) is 15.5 Å². The Hall–Kier alpha value is -1.02. The number of nitrogens with one attached hydrogen (secondary N) is 2. The van der Waals surface area contributed by atoms with Gasteiger partial charge in [-0.25, -0.2) is 4.79 Å². The number of aliphatic hydroxyl groups excluding tert-OH is 1. The number of amides is 2. The molecule has 1 aliphatic rings. The largest absolute Gasteiger partial charge is 0.405 e. The van der Waals surface area contributed by atoms with Gasteiger partial charge in [0, 0.05) is 13.1 Å². The Kier molecular flexibility index (Phi) is 6.54. The van der Waals surface area contributed by atoms with Gasteiger partial charge in [0.1, 0.15) is 6.54 Å². The second-order valence-corrected chi connectivity index (χ2v) is 5.32. The number of nitrogens with zero attached hydrogens (tertiary/aromatic N) is 1. The van der Waals surface area contributed by atoms with Crippen molar-refractivity contribution >= 4 is 6.03 Å². The highest BCUT2D eigenvalue weighted by Crippen LogP contribution is 2.15. The summed E-state index contributed by atoms with van der Waals surface area (Å²) in [5.41, 5.74) is 0. The fourth-order valence-corrected chi connectivity index (χ4v) is 2.06. The standard InChI is InChI=1S/C12H22F3N3O2/c1-9-2-4-18(5-3-9)7-10(19)6-16-11(20)17-8-12(13,14)15/h9-10,19H,2-8H2,1H3,(H2,16,17,20)/t10-/m0/s1. The van der Waals surface area contributed by atoms with Gasteiger partial charge in [0.15, 0.2) is 0 Å². The van der Waals surface area contributed by atoms with E-state index in [1.165, 1.54) is 0 Å². The first-order chi connectivity index (χ1) is 9.26. The highest BCUT2D eigenvalue weighted by atomic mass is 19.4. The summed E-state index contributed by atoms with van der Waals surface area (Å²) in [6.07, 6.45) is -3.06. The van der Waals surface area contributed by atoms with E-state index in [1.807, 2.05) is 0 Å². The van der Waals surface area contributed by atoms with Crippen molar-refractivity contribution in [3.05, 3.63) is 0 Å². The molecule has 1 saturated heterocycles. The Balaban J connectivity index is 2.13. The van der Waals surface area contributed by atoms with Crippen molar-refractivity contribution < 1.29 is 23.1 Å². The first-order valence-electron chi connectivity index (χ1n) is 6.75. The summed E-state index contributed by atoms with van der Waals surface area (Å²) in [5, 5.41) is 13.7. The van der Waals surface area contributed by atoms with Crippen LogP contribution in [0.25, 0.3) is 0 Å². The molecule has 118 valence electrons. The third kappa shape index (κ3) is 7.54. The average molecular weight is 297 g/mol. The summed E-state index contributed by atoms with van der Waals surface area (Å²) < 4.78 is 35.6. The molecule has 0 radical (unpaired) electrons. The van der Waals surface area contributed by atoms with Crippen LogP contribution in [0.4, 0.5) is 18.0 Å². The maximum absolute atomic E-state index is 11.9. The summed E-state index contributed by atoms with van der Waals surface area (Å²) in [5.74, 6) is 0.690. The monoisotopic (exact) mass is 297 g/mol. The lowest BCUT2D eigenvalue weighted by molar-refractivity contribution is -0.122. The maximum Gasteiger partial charge on any atom is 0.405 e. The molecule has 5 nitrogen and oxygen atoms in total. The number of piperidine rings is 1. The molecule has 0 spiro atoms. The van der Waals surface area contributed by atoms with Gasteiger partial charge in [-0.3, -0.25) is 0 Å². The number of alkyl halides is 3. The molecule has 2 amide bonds. The molecule has 0 aliphatic carbocycles. The van der Waals surface area contributed by atoms with Gasteiger partial charge < -0.3 is 20.6 Å². The van der Waals surface area contributed by atoms with Gasteiger partial charge >= 0.3 is 12.2 Å². The zero-order valence-corrected chi connectivity index (χ0v) is 11.5. The minimum Gasteiger partial charge on any atom is -0.390 e. The lowest BCUT2D eigenvalue weighted by Crippen LogP contribution is -2.46. The predicted molar refractivity (Wildman–Crippen MR) is 68.3 cm³/mol. The number of carbonyl (C=O) groups is 1. The Morgan fingerprint density at radius 3 is 2.50 bits per heavy atom. The van der Waals surface area contributed by atoms with Crippen LogP contribution in [0, 0.1) is 5.92 Å². The fraction of sp³-hybridized carbons (Fsp3) is 0.917. The Morgan fingerprint density at radius 1 is 1.35 bits per heavy atom. The number of rotatable bonds is 5. The second kappa shape index (κ2) is 7.68. The Labute approximate surface area is 116 Å². The lowest BCUT2D eigenvalue weighted by atomic mass is 9.99. The van der Waals surface area contributed by atoms with Crippen molar-refractivity contribution in [3.63, 3.8) is 0 Å². The third-order valence-electron chi connectivity index (χ3n) is 3.29. The number of β-amino-alcohol motifs (C(OH)–C–C–N with tert-alkyl or cyclic N) is 1. The number of hydrogen-bond donors (Lipinski definition) is 3. The van der Waals surface area contributed by atoms with Crippen LogP contribution in [0.15, 0.2) is 0 Å². The summed E-state index contributed by atoms with van der Waals surface area (Å²) in [4.78, 5) is 13.2. The molecule has 20 heavy (non-hydrogen) atoms. The van der Waals surface area contributed by atoms with Crippen LogP contribution in [-0.4, -0.2) is 61.0 Å². The number of urea groups is 1. The Morgan fingerprint density at radius 2 is 1.95 bits per heavy atom. The molecule has 0 aromatic heterocycles. The van der Waals surface area contributed by atoms with Gasteiger partial charge in [0.2, 0.25) is 0 Å². The van der Waals surface area contributed by atoms with E-state index in [1.54, 1.807) is 5.32 Å². The third-order valence-corrected chi connectivity index (χ3v) is 3.29. The molecule has 0 unspecified atom stereocenters. The number of likely N-dealkylation sites (tertiary alicyclic amines) is 1. The van der Waals surface area contributed by atoms with Crippen molar-refractivity contribution in [1.29, 1.82) is 0 Å². The first-order valence-corrected chi connectivity index (χ1v) is 6.75. The molecule has 0 aromatic rings. The van der Waals surface area contributed by atoms with Gasteiger partial charge in [0.05, 0.1) is 6.10 Å². The molecule has 1 fully saturated rings. The molecule has 0 bridgehead atoms. The van der Waals surface area contributed by atoms with Crippen molar-refractivity contribution in [2.45, 2.75) is 32.0 Å². The number of halogens is 3. The second-order valence-electron chi connectivity index (χ2n) is 5.32. The summed E-state index contributed by atoms with van der Waals surface area (Å²) in [6, 6.07) is -0.923. The number of aliphatic hydroxyl groups is 1. The molecule has 0 aromatic carbocycles. The van der Waals surface area contributed by atoms with Gasteiger partial charge in [-0.1, -0.05) is 6.92 Å². The van der Waals surface area contributed by atoms with Crippen LogP contribution >= 0.6 is 0 Å². The molecule has 1 atom stereocenters. The van der Waals surface area contributed by atoms with Crippen molar-refractivity contribution in [2.24, 2.45) is 5.92 Å². The minimum absolute atomic E-state index is 0.0598. The van der Waals surface area contributed by atoms with Crippen LogP contribution in [-0.2, 0) is 0 Å². The molecule has 0 saturated carbocycles. The van der Waals surface area contributed by atoms with E-state index in [4.69, 9.17) is 0 Å². The van der Waals surface area contributed by atoms with E-state index in [0.29, 0.717) is 12.5 Å². The van der Waals surface area contributed by atoms with Crippen LogP contribution in [0.2, 0.25) is 0 Å². The summed E-state index contributed by atoms with van der Waals surface area (Å²) in [7, 11) is 0. The quantitative estimate of drug-likeness (QED) is 0.707. The fourth-order valence-electron chi connectivity index (χ4n) is 2.06. The molecular weight excluding hydrogens is 275 g/mol. The minimum atomic E-state index is -4.43. The van der Waals surface area contributed by atoms with E-state index in [9.17, 15) is 23.1 Å². The highest BCUT2D eigenvalue weighted by molar-refractivity contribution is 5.73. The first kappa shape index (κ1) is 17.0.